The van der Waals surface area contributed by atoms with Crippen molar-refractivity contribution >= 4 is 18.0 Å². The van der Waals surface area contributed by atoms with Gasteiger partial charge in [-0.1, -0.05) is 49.7 Å². The number of amides is 2. The van der Waals surface area contributed by atoms with Gasteiger partial charge < -0.3 is 14.8 Å². The molecule has 0 spiro atoms. The number of benzene rings is 2. The summed E-state index contributed by atoms with van der Waals surface area (Å²) in [5.41, 5.74) is 2.87. The number of methoxy groups -OCH3 is 2. The predicted octanol–water partition coefficient (Wildman–Crippen LogP) is 5.95. The maximum atomic E-state index is 12.3. The zero-order chi connectivity index (χ0) is 26.1. The molecule has 2 aliphatic rings. The lowest BCUT2D eigenvalue weighted by Crippen LogP contribution is -2.48. The number of hydrogen-bond acceptors (Lipinski definition) is 5. The van der Waals surface area contributed by atoms with Crippen LogP contribution in [0.3, 0.4) is 0 Å². The number of rotatable bonds is 12. The van der Waals surface area contributed by atoms with E-state index in [-0.39, 0.29) is 11.4 Å². The largest absolute Gasteiger partial charge is 0.493 e. The molecule has 7 heteroatoms. The van der Waals surface area contributed by atoms with Gasteiger partial charge in [0.25, 0.3) is 0 Å². The highest BCUT2D eigenvalue weighted by molar-refractivity contribution is 7.98. The Hall–Kier alpha value is -2.38. The summed E-state index contributed by atoms with van der Waals surface area (Å²) in [6.07, 6.45) is 8.76. The highest BCUT2D eigenvalue weighted by Crippen LogP contribution is 2.51. The lowest BCUT2D eigenvalue weighted by Gasteiger charge is -2.45. The summed E-state index contributed by atoms with van der Waals surface area (Å²) in [4.78, 5) is 15.0. The smallest absolute Gasteiger partial charge is 0.324 e. The van der Waals surface area contributed by atoms with Gasteiger partial charge in [0.15, 0.2) is 11.5 Å². The Morgan fingerprint density at radius 3 is 2.65 bits per heavy atom. The molecule has 3 unspecified atom stereocenters. The molecule has 202 valence electrons. The van der Waals surface area contributed by atoms with Crippen LogP contribution in [-0.2, 0) is 11.8 Å². The SMILES string of the molecule is CCCCNC(=O)NSC1CCC2(c3ccc(OC)c(OC)c3)CCN(CCCc3ccccc3)C2C1. The molecule has 2 aromatic rings. The van der Waals surface area contributed by atoms with Gasteiger partial charge in [-0.15, -0.1) is 0 Å². The third kappa shape index (κ3) is 6.74. The third-order valence-corrected chi connectivity index (χ3v) is 9.23. The molecule has 0 bridgehead atoms. The Balaban J connectivity index is 1.47. The molecule has 2 N–H and O–H groups in total. The standard InChI is InChI=1S/C30H43N3O3S/c1-4-5-18-31-29(34)32-37-25-15-16-30(24-13-14-26(35-2)27(21-24)36-3)17-20-33(28(30)22-25)19-9-12-23-10-7-6-8-11-23/h6-8,10-11,13-14,21,25,28H,4-5,9,12,15-20,22H2,1-3H3,(H2,31,32,34). The van der Waals surface area contributed by atoms with Gasteiger partial charge in [0, 0.05) is 23.3 Å². The van der Waals surface area contributed by atoms with E-state index in [1.807, 2.05) is 0 Å². The number of carbonyl (C=O) groups is 1. The van der Waals surface area contributed by atoms with Crippen molar-refractivity contribution in [2.45, 2.75) is 75.0 Å². The molecule has 1 heterocycles. The minimum absolute atomic E-state index is 0.0682. The van der Waals surface area contributed by atoms with Gasteiger partial charge in [-0.3, -0.25) is 9.62 Å². The number of hydrogen-bond donors (Lipinski definition) is 2. The molecule has 1 saturated heterocycles. The van der Waals surface area contributed by atoms with Gasteiger partial charge in [-0.25, -0.2) is 4.79 Å². The average molecular weight is 526 g/mol. The van der Waals surface area contributed by atoms with Crippen LogP contribution in [0.2, 0.25) is 0 Å². The molecule has 6 nitrogen and oxygen atoms in total. The molecule has 1 saturated carbocycles. The Morgan fingerprint density at radius 1 is 1.08 bits per heavy atom. The Kier molecular flexibility index (Phi) is 10.0. The summed E-state index contributed by atoms with van der Waals surface area (Å²) in [6, 6.07) is 17.7. The maximum Gasteiger partial charge on any atom is 0.324 e. The van der Waals surface area contributed by atoms with Crippen LogP contribution in [0.25, 0.3) is 0 Å². The van der Waals surface area contributed by atoms with Crippen molar-refractivity contribution in [3.05, 3.63) is 59.7 Å². The highest BCUT2D eigenvalue weighted by atomic mass is 32.2. The molecular formula is C30H43N3O3S. The van der Waals surface area contributed by atoms with Crippen LogP contribution < -0.4 is 19.5 Å². The summed E-state index contributed by atoms with van der Waals surface area (Å²) in [5, 5.41) is 3.38. The van der Waals surface area contributed by atoms with Crippen LogP contribution in [0.5, 0.6) is 11.5 Å². The molecule has 0 aromatic heterocycles. The predicted molar refractivity (Wildman–Crippen MR) is 153 cm³/mol. The number of ether oxygens (including phenoxy) is 2. The van der Waals surface area contributed by atoms with Gasteiger partial charge in [0.1, 0.15) is 0 Å². The Labute approximate surface area is 227 Å². The van der Waals surface area contributed by atoms with Gasteiger partial charge in [0.05, 0.1) is 14.2 Å². The molecule has 1 aliphatic carbocycles. The Morgan fingerprint density at radius 2 is 1.89 bits per heavy atom. The molecular weight excluding hydrogens is 482 g/mol. The second-order valence-electron chi connectivity index (χ2n) is 10.3. The van der Waals surface area contributed by atoms with Crippen LogP contribution >= 0.6 is 11.9 Å². The fourth-order valence-corrected chi connectivity index (χ4v) is 7.01. The minimum atomic E-state index is -0.0682. The maximum absolute atomic E-state index is 12.3. The topological polar surface area (TPSA) is 62.8 Å². The van der Waals surface area contributed by atoms with Crippen molar-refractivity contribution in [2.24, 2.45) is 0 Å². The lowest BCUT2D eigenvalue weighted by atomic mass is 9.66. The van der Waals surface area contributed by atoms with Crippen molar-refractivity contribution < 1.29 is 14.3 Å². The van der Waals surface area contributed by atoms with E-state index in [4.69, 9.17) is 9.47 Å². The molecule has 0 radical (unpaired) electrons. The van der Waals surface area contributed by atoms with Crippen molar-refractivity contribution in [2.75, 3.05) is 33.9 Å². The summed E-state index contributed by atoms with van der Waals surface area (Å²) in [5.74, 6) is 1.58. The zero-order valence-corrected chi connectivity index (χ0v) is 23.4. The van der Waals surface area contributed by atoms with E-state index in [1.165, 1.54) is 11.1 Å². The first-order valence-corrected chi connectivity index (χ1v) is 14.7. The number of unbranched alkanes of at least 4 members (excludes halogenated alkanes) is 1. The van der Waals surface area contributed by atoms with Gasteiger partial charge in [-0.2, -0.15) is 0 Å². The van der Waals surface area contributed by atoms with E-state index in [1.54, 1.807) is 26.2 Å². The van der Waals surface area contributed by atoms with E-state index in [0.717, 1.165) is 82.5 Å². The lowest BCUT2D eigenvalue weighted by molar-refractivity contribution is 0.158. The summed E-state index contributed by atoms with van der Waals surface area (Å²) in [7, 11) is 3.41. The van der Waals surface area contributed by atoms with E-state index >= 15 is 0 Å². The third-order valence-electron chi connectivity index (χ3n) is 8.17. The number of nitrogens with zero attached hydrogens (tertiary/aromatic N) is 1. The minimum Gasteiger partial charge on any atom is -0.493 e. The normalized spacial score (nSPS) is 23.3. The first-order valence-electron chi connectivity index (χ1n) is 13.8. The average Bonchev–Trinajstić information content (AvgIpc) is 3.31. The zero-order valence-electron chi connectivity index (χ0n) is 22.6. The molecule has 2 aromatic carbocycles. The molecule has 2 amide bonds. The van der Waals surface area contributed by atoms with E-state index in [9.17, 15) is 4.79 Å². The highest BCUT2D eigenvalue weighted by Gasteiger charge is 2.51. The van der Waals surface area contributed by atoms with Crippen molar-refractivity contribution in [3.63, 3.8) is 0 Å². The fourth-order valence-electron chi connectivity index (χ4n) is 6.15. The van der Waals surface area contributed by atoms with Crippen LogP contribution in [0.1, 0.15) is 63.0 Å². The van der Waals surface area contributed by atoms with Crippen LogP contribution in [0.15, 0.2) is 48.5 Å². The van der Waals surface area contributed by atoms with E-state index in [2.05, 4.69) is 70.4 Å². The number of likely N-dealkylation sites (tertiary alicyclic amines) is 1. The number of aryl methyl sites for hydroxylation is 1. The van der Waals surface area contributed by atoms with Crippen molar-refractivity contribution in [1.29, 1.82) is 0 Å². The summed E-state index contributed by atoms with van der Waals surface area (Å²) < 4.78 is 14.3. The monoisotopic (exact) mass is 525 g/mol. The second kappa shape index (κ2) is 13.4. The van der Waals surface area contributed by atoms with E-state index < -0.39 is 0 Å². The molecule has 3 atom stereocenters. The van der Waals surface area contributed by atoms with Gasteiger partial charge >= 0.3 is 6.03 Å². The van der Waals surface area contributed by atoms with Gasteiger partial charge in [0.2, 0.25) is 0 Å². The fraction of sp³-hybridized carbons (Fsp3) is 0.567. The van der Waals surface area contributed by atoms with Crippen LogP contribution in [0.4, 0.5) is 4.79 Å². The van der Waals surface area contributed by atoms with Crippen molar-refractivity contribution in [1.82, 2.24) is 14.9 Å². The number of nitrogens with one attached hydrogen (secondary N) is 2. The van der Waals surface area contributed by atoms with E-state index in [0.29, 0.717) is 11.3 Å². The first kappa shape index (κ1) is 27.6. The first-order chi connectivity index (χ1) is 18.1. The number of fused-ring (bicyclic) bond motifs is 1. The van der Waals surface area contributed by atoms with Crippen LogP contribution in [-0.4, -0.2) is 56.1 Å². The summed E-state index contributed by atoms with van der Waals surface area (Å²) >= 11 is 1.61. The molecule has 37 heavy (non-hydrogen) atoms. The number of urea groups is 1. The van der Waals surface area contributed by atoms with Crippen molar-refractivity contribution in [3.8, 4) is 11.5 Å². The molecule has 2 fully saturated rings. The van der Waals surface area contributed by atoms with Gasteiger partial charge in [-0.05, 0) is 93.2 Å². The molecule has 1 aliphatic heterocycles. The summed E-state index contributed by atoms with van der Waals surface area (Å²) in [6.45, 7) is 5.06. The molecule has 4 rings (SSSR count). The second-order valence-corrected chi connectivity index (χ2v) is 11.4. The van der Waals surface area contributed by atoms with Crippen LogP contribution in [0, 0.1) is 0 Å². The quantitative estimate of drug-likeness (QED) is 0.265. The Bertz CT molecular complexity index is 1000. The number of carbonyl (C=O) groups excluding carboxylic acids is 1.